The number of hydrogen-bond donors (Lipinski definition) is 2. The number of nitro benzene ring substituents is 1. The SMILES string of the molecule is CCCNC(=O)CNc1ccc(C=O)cc1[N+](=O)[O-]. The molecule has 19 heavy (non-hydrogen) atoms. The molecule has 1 rings (SSSR count). The molecule has 1 amide bonds. The molecule has 0 fully saturated rings. The number of rotatable bonds is 7. The Hall–Kier alpha value is -2.44. The molecule has 0 aromatic heterocycles. The minimum Gasteiger partial charge on any atom is -0.371 e. The van der Waals surface area contributed by atoms with E-state index in [0.29, 0.717) is 12.8 Å². The van der Waals surface area contributed by atoms with E-state index >= 15 is 0 Å². The van der Waals surface area contributed by atoms with Gasteiger partial charge in [-0.05, 0) is 18.6 Å². The van der Waals surface area contributed by atoms with Crippen LogP contribution in [-0.4, -0.2) is 30.2 Å². The predicted octanol–water partition coefficient (Wildman–Crippen LogP) is 1.35. The number of carbonyl (C=O) groups is 2. The zero-order valence-corrected chi connectivity index (χ0v) is 10.5. The van der Waals surface area contributed by atoms with Crippen LogP contribution < -0.4 is 10.6 Å². The van der Waals surface area contributed by atoms with Gasteiger partial charge < -0.3 is 10.6 Å². The van der Waals surface area contributed by atoms with Gasteiger partial charge in [-0.25, -0.2) is 0 Å². The Balaban J connectivity index is 2.75. The average Bonchev–Trinajstić information content (AvgIpc) is 2.42. The monoisotopic (exact) mass is 265 g/mol. The molecule has 0 radical (unpaired) electrons. The van der Waals surface area contributed by atoms with E-state index in [4.69, 9.17) is 0 Å². The number of anilines is 1. The Morgan fingerprint density at radius 1 is 1.47 bits per heavy atom. The second-order valence-corrected chi connectivity index (χ2v) is 3.86. The van der Waals surface area contributed by atoms with Gasteiger partial charge in [-0.2, -0.15) is 0 Å². The molecule has 0 aliphatic carbocycles. The van der Waals surface area contributed by atoms with E-state index in [0.717, 1.165) is 6.42 Å². The van der Waals surface area contributed by atoms with Crippen molar-refractivity contribution in [2.45, 2.75) is 13.3 Å². The third-order valence-electron chi connectivity index (χ3n) is 2.37. The third-order valence-corrected chi connectivity index (χ3v) is 2.37. The average molecular weight is 265 g/mol. The maximum absolute atomic E-state index is 11.4. The van der Waals surface area contributed by atoms with Crippen molar-refractivity contribution in [3.05, 3.63) is 33.9 Å². The molecule has 2 N–H and O–H groups in total. The van der Waals surface area contributed by atoms with Crippen LogP contribution in [-0.2, 0) is 4.79 Å². The lowest BCUT2D eigenvalue weighted by Gasteiger charge is -2.07. The second-order valence-electron chi connectivity index (χ2n) is 3.86. The molecule has 1 aromatic carbocycles. The summed E-state index contributed by atoms with van der Waals surface area (Å²) in [5, 5.41) is 16.2. The highest BCUT2D eigenvalue weighted by atomic mass is 16.6. The molecule has 0 bridgehead atoms. The third kappa shape index (κ3) is 4.38. The van der Waals surface area contributed by atoms with Gasteiger partial charge in [0.15, 0.2) is 0 Å². The van der Waals surface area contributed by atoms with Crippen molar-refractivity contribution >= 4 is 23.6 Å². The minimum atomic E-state index is -0.598. The zero-order valence-electron chi connectivity index (χ0n) is 10.5. The molecule has 1 aromatic rings. The van der Waals surface area contributed by atoms with Crippen molar-refractivity contribution in [2.24, 2.45) is 0 Å². The second kappa shape index (κ2) is 7.10. The smallest absolute Gasteiger partial charge is 0.293 e. The molecule has 0 atom stereocenters. The van der Waals surface area contributed by atoms with Gasteiger partial charge in [0.1, 0.15) is 12.0 Å². The van der Waals surface area contributed by atoms with Gasteiger partial charge in [0, 0.05) is 18.2 Å². The Morgan fingerprint density at radius 2 is 2.21 bits per heavy atom. The lowest BCUT2D eigenvalue weighted by atomic mass is 10.2. The van der Waals surface area contributed by atoms with E-state index < -0.39 is 4.92 Å². The maximum atomic E-state index is 11.4. The maximum Gasteiger partial charge on any atom is 0.293 e. The van der Waals surface area contributed by atoms with E-state index in [1.165, 1.54) is 18.2 Å². The number of carbonyl (C=O) groups excluding carboxylic acids is 2. The lowest BCUT2D eigenvalue weighted by molar-refractivity contribution is -0.384. The van der Waals surface area contributed by atoms with Gasteiger partial charge in [-0.1, -0.05) is 6.92 Å². The van der Waals surface area contributed by atoms with Gasteiger partial charge in [-0.3, -0.25) is 19.7 Å². The van der Waals surface area contributed by atoms with E-state index in [9.17, 15) is 19.7 Å². The quantitative estimate of drug-likeness (QED) is 0.440. The van der Waals surface area contributed by atoms with Crippen molar-refractivity contribution in [1.82, 2.24) is 5.32 Å². The number of nitrogens with zero attached hydrogens (tertiary/aromatic N) is 1. The standard InChI is InChI=1S/C12H15N3O4/c1-2-5-13-12(17)7-14-10-4-3-9(8-16)6-11(10)15(18)19/h3-4,6,8,14H,2,5,7H2,1H3,(H,13,17). The predicted molar refractivity (Wildman–Crippen MR) is 70.3 cm³/mol. The van der Waals surface area contributed by atoms with Crippen LogP contribution in [0.1, 0.15) is 23.7 Å². The van der Waals surface area contributed by atoms with Gasteiger partial charge in [0.25, 0.3) is 5.69 Å². The normalized spacial score (nSPS) is 9.74. The highest BCUT2D eigenvalue weighted by Crippen LogP contribution is 2.24. The number of nitrogens with one attached hydrogen (secondary N) is 2. The number of nitro groups is 1. The molecule has 0 aliphatic heterocycles. The first-order valence-corrected chi connectivity index (χ1v) is 5.82. The molecule has 7 nitrogen and oxygen atoms in total. The van der Waals surface area contributed by atoms with Crippen molar-refractivity contribution in [3.63, 3.8) is 0 Å². The molecule has 102 valence electrons. The molecule has 7 heteroatoms. The summed E-state index contributed by atoms with van der Waals surface area (Å²) in [4.78, 5) is 32.2. The van der Waals surface area contributed by atoms with Crippen LogP contribution in [0.15, 0.2) is 18.2 Å². The summed E-state index contributed by atoms with van der Waals surface area (Å²) in [6.45, 7) is 2.44. The van der Waals surface area contributed by atoms with Crippen LogP contribution in [0.5, 0.6) is 0 Å². The minimum absolute atomic E-state index is 0.0543. The Kier molecular flexibility index (Phi) is 5.46. The Morgan fingerprint density at radius 3 is 2.79 bits per heavy atom. The van der Waals surface area contributed by atoms with Crippen molar-refractivity contribution in [1.29, 1.82) is 0 Å². The fourth-order valence-corrected chi connectivity index (χ4v) is 1.42. The van der Waals surface area contributed by atoms with E-state index in [2.05, 4.69) is 10.6 Å². The molecular formula is C12H15N3O4. The molecule has 0 saturated carbocycles. The van der Waals surface area contributed by atoms with Gasteiger partial charge >= 0.3 is 0 Å². The van der Waals surface area contributed by atoms with E-state index in [1.807, 2.05) is 6.92 Å². The number of aldehydes is 1. The van der Waals surface area contributed by atoms with Crippen LogP contribution in [0.2, 0.25) is 0 Å². The number of hydrogen-bond acceptors (Lipinski definition) is 5. The summed E-state index contributed by atoms with van der Waals surface area (Å²) in [5.41, 5.74) is 0.197. The first-order valence-electron chi connectivity index (χ1n) is 5.82. The highest BCUT2D eigenvalue weighted by Gasteiger charge is 2.15. The topological polar surface area (TPSA) is 101 Å². The summed E-state index contributed by atoms with van der Waals surface area (Å²) in [6.07, 6.45) is 1.35. The molecule has 0 heterocycles. The van der Waals surface area contributed by atoms with Gasteiger partial charge in [0.05, 0.1) is 11.5 Å². The number of amides is 1. The van der Waals surface area contributed by atoms with Crippen LogP contribution in [0.25, 0.3) is 0 Å². The molecule has 0 saturated heterocycles. The number of benzene rings is 1. The van der Waals surface area contributed by atoms with E-state index in [-0.39, 0.29) is 29.4 Å². The molecular weight excluding hydrogens is 250 g/mol. The Labute approximate surface area is 110 Å². The fraction of sp³-hybridized carbons (Fsp3) is 0.333. The summed E-state index contributed by atoms with van der Waals surface area (Å²) < 4.78 is 0. The van der Waals surface area contributed by atoms with Crippen molar-refractivity contribution < 1.29 is 14.5 Å². The van der Waals surface area contributed by atoms with Crippen LogP contribution in [0.3, 0.4) is 0 Å². The van der Waals surface area contributed by atoms with Gasteiger partial charge in [0.2, 0.25) is 5.91 Å². The molecule has 0 unspecified atom stereocenters. The van der Waals surface area contributed by atoms with Crippen LogP contribution in [0.4, 0.5) is 11.4 Å². The summed E-state index contributed by atoms with van der Waals surface area (Å²) in [7, 11) is 0. The summed E-state index contributed by atoms with van der Waals surface area (Å²) in [5.74, 6) is -0.240. The first kappa shape index (κ1) is 14.6. The van der Waals surface area contributed by atoms with Gasteiger partial charge in [-0.15, -0.1) is 0 Å². The van der Waals surface area contributed by atoms with E-state index in [1.54, 1.807) is 0 Å². The lowest BCUT2D eigenvalue weighted by Crippen LogP contribution is -2.30. The first-order chi connectivity index (χ1) is 9.08. The fourth-order valence-electron chi connectivity index (χ4n) is 1.42. The Bertz CT molecular complexity index is 488. The molecule has 0 aliphatic rings. The van der Waals surface area contributed by atoms with Crippen molar-refractivity contribution in [2.75, 3.05) is 18.4 Å². The summed E-state index contributed by atoms with van der Waals surface area (Å²) in [6, 6.07) is 4.03. The summed E-state index contributed by atoms with van der Waals surface area (Å²) >= 11 is 0. The van der Waals surface area contributed by atoms with Crippen LogP contribution >= 0.6 is 0 Å². The van der Waals surface area contributed by atoms with Crippen LogP contribution in [0, 0.1) is 10.1 Å². The highest BCUT2D eigenvalue weighted by molar-refractivity contribution is 5.83. The van der Waals surface area contributed by atoms with Crippen molar-refractivity contribution in [3.8, 4) is 0 Å². The largest absolute Gasteiger partial charge is 0.371 e. The molecule has 0 spiro atoms. The zero-order chi connectivity index (χ0) is 14.3.